The predicted molar refractivity (Wildman–Crippen MR) is 87.2 cm³/mol. The molecule has 0 saturated heterocycles. The van der Waals surface area contributed by atoms with Crippen molar-refractivity contribution in [3.05, 3.63) is 59.7 Å². The fourth-order valence-corrected chi connectivity index (χ4v) is 2.12. The number of rotatable bonds is 8. The van der Waals surface area contributed by atoms with Gasteiger partial charge in [0.05, 0.1) is 12.3 Å². The van der Waals surface area contributed by atoms with Gasteiger partial charge in [-0.25, -0.2) is 0 Å². The molecule has 112 valence electrons. The van der Waals surface area contributed by atoms with Gasteiger partial charge in [0.15, 0.2) is 0 Å². The van der Waals surface area contributed by atoms with Crippen LogP contribution in [0.15, 0.2) is 48.5 Å². The largest absolute Gasteiger partial charge is 0.489 e. The molecule has 0 radical (unpaired) electrons. The molecule has 0 amide bonds. The summed E-state index contributed by atoms with van der Waals surface area (Å²) in [7, 11) is 1.68. The maximum atomic E-state index is 5.77. The standard InChI is InChI=1S/C18H23NO2/c1-15-8-9-17(18(14-15)21-13-12-20-2)19-11-10-16-6-4-3-5-7-16/h3-9,14,19H,10-13H2,1-2H3. The van der Waals surface area contributed by atoms with Gasteiger partial charge in [-0.05, 0) is 36.6 Å². The summed E-state index contributed by atoms with van der Waals surface area (Å²) in [6, 6.07) is 16.7. The Hall–Kier alpha value is -2.00. The number of benzene rings is 2. The molecule has 2 rings (SSSR count). The quantitative estimate of drug-likeness (QED) is 0.751. The number of ether oxygens (including phenoxy) is 2. The average Bonchev–Trinajstić information content (AvgIpc) is 2.51. The van der Waals surface area contributed by atoms with E-state index in [1.165, 1.54) is 11.1 Å². The molecule has 0 unspecified atom stereocenters. The topological polar surface area (TPSA) is 30.5 Å². The summed E-state index contributed by atoms with van der Waals surface area (Å²) in [6.07, 6.45) is 0.992. The molecule has 3 nitrogen and oxygen atoms in total. The molecule has 0 fully saturated rings. The zero-order valence-corrected chi connectivity index (χ0v) is 12.8. The molecule has 0 aliphatic carbocycles. The molecule has 21 heavy (non-hydrogen) atoms. The molecule has 0 bridgehead atoms. The Morgan fingerprint density at radius 1 is 1.00 bits per heavy atom. The zero-order valence-electron chi connectivity index (χ0n) is 12.8. The van der Waals surface area contributed by atoms with Gasteiger partial charge in [0.25, 0.3) is 0 Å². The first kappa shape index (κ1) is 15.4. The van der Waals surface area contributed by atoms with Crippen LogP contribution in [0.4, 0.5) is 5.69 Å². The lowest BCUT2D eigenvalue weighted by atomic mass is 10.1. The van der Waals surface area contributed by atoms with Gasteiger partial charge in [-0.15, -0.1) is 0 Å². The third-order valence-electron chi connectivity index (χ3n) is 3.25. The first-order valence-corrected chi connectivity index (χ1v) is 7.30. The van der Waals surface area contributed by atoms with Crippen LogP contribution in [0.2, 0.25) is 0 Å². The monoisotopic (exact) mass is 285 g/mol. The second-order valence-electron chi connectivity index (χ2n) is 5.00. The Balaban J connectivity index is 1.92. The highest BCUT2D eigenvalue weighted by Crippen LogP contribution is 2.25. The van der Waals surface area contributed by atoms with E-state index in [9.17, 15) is 0 Å². The van der Waals surface area contributed by atoms with E-state index in [-0.39, 0.29) is 0 Å². The van der Waals surface area contributed by atoms with Gasteiger partial charge < -0.3 is 14.8 Å². The third kappa shape index (κ3) is 5.12. The summed E-state index contributed by atoms with van der Waals surface area (Å²) in [4.78, 5) is 0. The minimum absolute atomic E-state index is 0.563. The molecule has 0 aromatic heterocycles. The molecule has 0 aliphatic heterocycles. The molecule has 0 atom stereocenters. The van der Waals surface area contributed by atoms with Gasteiger partial charge in [0.1, 0.15) is 12.4 Å². The highest BCUT2D eigenvalue weighted by Gasteiger charge is 2.04. The van der Waals surface area contributed by atoms with Crippen LogP contribution in [0.25, 0.3) is 0 Å². The van der Waals surface area contributed by atoms with Crippen molar-refractivity contribution in [3.8, 4) is 5.75 Å². The van der Waals surface area contributed by atoms with Crippen molar-refractivity contribution in [3.63, 3.8) is 0 Å². The summed E-state index contributed by atoms with van der Waals surface area (Å²) in [5.74, 6) is 0.889. The van der Waals surface area contributed by atoms with Crippen molar-refractivity contribution >= 4 is 5.69 Å². The van der Waals surface area contributed by atoms with Crippen LogP contribution in [-0.4, -0.2) is 26.9 Å². The van der Waals surface area contributed by atoms with Crippen molar-refractivity contribution in [1.29, 1.82) is 0 Å². The lowest BCUT2D eigenvalue weighted by Gasteiger charge is -2.14. The van der Waals surface area contributed by atoms with Crippen LogP contribution >= 0.6 is 0 Å². The highest BCUT2D eigenvalue weighted by molar-refractivity contribution is 5.57. The summed E-state index contributed by atoms with van der Waals surface area (Å²) in [6.45, 7) is 4.11. The molecule has 0 spiro atoms. The molecular formula is C18H23NO2. The van der Waals surface area contributed by atoms with E-state index in [1.807, 2.05) is 6.07 Å². The predicted octanol–water partition coefficient (Wildman–Crippen LogP) is 3.67. The third-order valence-corrected chi connectivity index (χ3v) is 3.25. The Labute approximate surface area is 126 Å². The first-order valence-electron chi connectivity index (χ1n) is 7.30. The van der Waals surface area contributed by atoms with Crippen LogP contribution in [0.5, 0.6) is 5.75 Å². The smallest absolute Gasteiger partial charge is 0.142 e. The number of hydrogen-bond donors (Lipinski definition) is 1. The molecule has 0 aliphatic rings. The van der Waals surface area contributed by atoms with Crippen LogP contribution in [0.1, 0.15) is 11.1 Å². The van der Waals surface area contributed by atoms with Crippen molar-refractivity contribution in [1.82, 2.24) is 0 Å². The summed E-state index contributed by atoms with van der Waals surface area (Å²) in [5.41, 5.74) is 3.56. The Morgan fingerprint density at radius 2 is 1.81 bits per heavy atom. The molecule has 2 aromatic carbocycles. The van der Waals surface area contributed by atoms with Gasteiger partial charge in [-0.1, -0.05) is 36.4 Å². The van der Waals surface area contributed by atoms with Crippen LogP contribution in [-0.2, 0) is 11.2 Å². The molecular weight excluding hydrogens is 262 g/mol. The lowest BCUT2D eigenvalue weighted by molar-refractivity contribution is 0.146. The zero-order chi connectivity index (χ0) is 14.9. The lowest BCUT2D eigenvalue weighted by Crippen LogP contribution is -2.09. The number of anilines is 1. The van der Waals surface area contributed by atoms with Crippen LogP contribution in [0.3, 0.4) is 0 Å². The fraction of sp³-hybridized carbons (Fsp3) is 0.333. The van der Waals surface area contributed by atoms with Crippen LogP contribution < -0.4 is 10.1 Å². The van der Waals surface area contributed by atoms with Gasteiger partial charge >= 0.3 is 0 Å². The van der Waals surface area contributed by atoms with Gasteiger partial charge in [-0.3, -0.25) is 0 Å². The van der Waals surface area contributed by atoms with E-state index >= 15 is 0 Å². The van der Waals surface area contributed by atoms with Crippen molar-refractivity contribution in [2.24, 2.45) is 0 Å². The minimum atomic E-state index is 0.563. The van der Waals surface area contributed by atoms with E-state index in [0.717, 1.165) is 24.4 Å². The minimum Gasteiger partial charge on any atom is -0.489 e. The molecule has 0 heterocycles. The second kappa shape index (κ2) is 8.32. The van der Waals surface area contributed by atoms with Gasteiger partial charge in [0.2, 0.25) is 0 Å². The number of aryl methyl sites for hydroxylation is 1. The van der Waals surface area contributed by atoms with Gasteiger partial charge in [-0.2, -0.15) is 0 Å². The van der Waals surface area contributed by atoms with Gasteiger partial charge in [0, 0.05) is 13.7 Å². The Kier molecular flexibility index (Phi) is 6.10. The highest BCUT2D eigenvalue weighted by atomic mass is 16.5. The average molecular weight is 285 g/mol. The number of methoxy groups -OCH3 is 1. The van der Waals surface area contributed by atoms with E-state index in [0.29, 0.717) is 13.2 Å². The summed E-state index contributed by atoms with van der Waals surface area (Å²) < 4.78 is 10.8. The molecule has 2 aromatic rings. The molecule has 0 saturated carbocycles. The SMILES string of the molecule is COCCOc1cc(C)ccc1NCCc1ccccc1. The van der Waals surface area contributed by atoms with Crippen molar-refractivity contribution in [2.45, 2.75) is 13.3 Å². The summed E-state index contributed by atoms with van der Waals surface area (Å²) >= 11 is 0. The first-order chi connectivity index (χ1) is 10.3. The number of nitrogens with one attached hydrogen (secondary N) is 1. The summed E-state index contributed by atoms with van der Waals surface area (Å²) in [5, 5.41) is 3.45. The van der Waals surface area contributed by atoms with E-state index < -0.39 is 0 Å². The van der Waals surface area contributed by atoms with E-state index in [4.69, 9.17) is 9.47 Å². The molecule has 3 heteroatoms. The van der Waals surface area contributed by atoms with Crippen LogP contribution in [0, 0.1) is 6.92 Å². The number of hydrogen-bond acceptors (Lipinski definition) is 3. The second-order valence-corrected chi connectivity index (χ2v) is 5.00. The van der Waals surface area contributed by atoms with E-state index in [2.05, 4.69) is 54.7 Å². The Morgan fingerprint density at radius 3 is 2.57 bits per heavy atom. The van der Waals surface area contributed by atoms with Crippen molar-refractivity contribution in [2.75, 3.05) is 32.2 Å². The fourth-order valence-electron chi connectivity index (χ4n) is 2.12. The Bertz CT molecular complexity index is 540. The van der Waals surface area contributed by atoms with Crippen molar-refractivity contribution < 1.29 is 9.47 Å². The van der Waals surface area contributed by atoms with E-state index in [1.54, 1.807) is 7.11 Å². The molecule has 1 N–H and O–H groups in total. The maximum Gasteiger partial charge on any atom is 0.142 e. The normalized spacial score (nSPS) is 10.4. The maximum absolute atomic E-state index is 5.77.